The Kier molecular flexibility index (Phi) is 2.92. The van der Waals surface area contributed by atoms with E-state index in [1.807, 2.05) is 18.6 Å². The zero-order chi connectivity index (χ0) is 12.5. The molecule has 3 heteroatoms. The van der Waals surface area contributed by atoms with Crippen molar-refractivity contribution in [3.05, 3.63) is 54.1 Å². The van der Waals surface area contributed by atoms with Crippen molar-refractivity contribution in [2.75, 3.05) is 0 Å². The van der Waals surface area contributed by atoms with Crippen LogP contribution in [0.2, 0.25) is 0 Å². The lowest BCUT2D eigenvalue weighted by atomic mass is 10.0. The SMILES string of the molecule is CC1CC1n1cncc1[C@H](N)Cc1ccccc1. The van der Waals surface area contributed by atoms with Crippen LogP contribution in [0.4, 0.5) is 0 Å². The van der Waals surface area contributed by atoms with Crippen molar-refractivity contribution >= 4 is 0 Å². The Hall–Kier alpha value is -1.61. The third-order valence-corrected chi connectivity index (χ3v) is 3.80. The van der Waals surface area contributed by atoms with Gasteiger partial charge in [-0.25, -0.2) is 4.98 Å². The summed E-state index contributed by atoms with van der Waals surface area (Å²) in [5.41, 5.74) is 8.76. The summed E-state index contributed by atoms with van der Waals surface area (Å²) in [5.74, 6) is 0.766. The average Bonchev–Trinajstić information content (AvgIpc) is 2.92. The molecule has 18 heavy (non-hydrogen) atoms. The fraction of sp³-hybridized carbons (Fsp3) is 0.400. The van der Waals surface area contributed by atoms with Crippen molar-refractivity contribution in [2.45, 2.75) is 31.8 Å². The van der Waals surface area contributed by atoms with Crippen LogP contribution in [0.3, 0.4) is 0 Å². The minimum Gasteiger partial charge on any atom is -0.330 e. The Labute approximate surface area is 108 Å². The standard InChI is InChI=1S/C15H19N3/c1-11-7-14(11)18-10-17-9-15(18)13(16)8-12-5-3-2-4-6-12/h2-6,9-11,13-14H,7-8,16H2,1H3/t11?,13-,14?/m1/s1. The van der Waals surface area contributed by atoms with E-state index in [2.05, 4.69) is 40.7 Å². The highest BCUT2D eigenvalue weighted by atomic mass is 15.1. The highest BCUT2D eigenvalue weighted by molar-refractivity contribution is 5.19. The van der Waals surface area contributed by atoms with Gasteiger partial charge in [0.15, 0.2) is 0 Å². The first-order chi connectivity index (χ1) is 8.75. The van der Waals surface area contributed by atoms with Crippen LogP contribution < -0.4 is 5.73 Å². The topological polar surface area (TPSA) is 43.8 Å². The smallest absolute Gasteiger partial charge is 0.0951 e. The minimum atomic E-state index is 0.0303. The molecular weight excluding hydrogens is 222 g/mol. The van der Waals surface area contributed by atoms with Crippen LogP contribution >= 0.6 is 0 Å². The fourth-order valence-electron chi connectivity index (χ4n) is 2.54. The predicted molar refractivity (Wildman–Crippen MR) is 72.1 cm³/mol. The van der Waals surface area contributed by atoms with Gasteiger partial charge in [-0.15, -0.1) is 0 Å². The largest absolute Gasteiger partial charge is 0.330 e. The Morgan fingerprint density at radius 2 is 2.11 bits per heavy atom. The molecule has 1 aromatic carbocycles. The monoisotopic (exact) mass is 241 g/mol. The van der Waals surface area contributed by atoms with Gasteiger partial charge in [-0.3, -0.25) is 0 Å². The Morgan fingerprint density at radius 3 is 2.78 bits per heavy atom. The summed E-state index contributed by atoms with van der Waals surface area (Å²) >= 11 is 0. The minimum absolute atomic E-state index is 0.0303. The molecule has 3 nitrogen and oxygen atoms in total. The molecule has 0 saturated heterocycles. The number of benzene rings is 1. The van der Waals surface area contributed by atoms with Crippen molar-refractivity contribution in [1.29, 1.82) is 0 Å². The zero-order valence-electron chi connectivity index (χ0n) is 10.7. The van der Waals surface area contributed by atoms with Gasteiger partial charge in [-0.1, -0.05) is 37.3 Å². The number of nitrogens with two attached hydrogens (primary N) is 1. The first-order valence-electron chi connectivity index (χ1n) is 6.57. The fourth-order valence-corrected chi connectivity index (χ4v) is 2.54. The molecule has 2 unspecified atom stereocenters. The first-order valence-corrected chi connectivity index (χ1v) is 6.57. The molecule has 3 atom stereocenters. The van der Waals surface area contributed by atoms with Crippen LogP contribution in [-0.2, 0) is 6.42 Å². The van der Waals surface area contributed by atoms with Gasteiger partial charge in [0.1, 0.15) is 0 Å². The van der Waals surface area contributed by atoms with E-state index in [-0.39, 0.29) is 6.04 Å². The van der Waals surface area contributed by atoms with Crippen LogP contribution in [0.15, 0.2) is 42.9 Å². The van der Waals surface area contributed by atoms with E-state index in [0.29, 0.717) is 6.04 Å². The van der Waals surface area contributed by atoms with Crippen LogP contribution in [0.5, 0.6) is 0 Å². The van der Waals surface area contributed by atoms with E-state index in [1.165, 1.54) is 12.0 Å². The van der Waals surface area contributed by atoms with Crippen molar-refractivity contribution in [3.63, 3.8) is 0 Å². The molecule has 0 bridgehead atoms. The van der Waals surface area contributed by atoms with E-state index in [0.717, 1.165) is 18.0 Å². The van der Waals surface area contributed by atoms with Crippen molar-refractivity contribution in [2.24, 2.45) is 11.7 Å². The lowest BCUT2D eigenvalue weighted by Crippen LogP contribution is -2.17. The molecule has 1 heterocycles. The first kappa shape index (κ1) is 11.5. The maximum absolute atomic E-state index is 6.32. The Balaban J connectivity index is 1.76. The molecule has 0 spiro atoms. The van der Waals surface area contributed by atoms with Gasteiger partial charge in [0.05, 0.1) is 18.1 Å². The summed E-state index contributed by atoms with van der Waals surface area (Å²) in [7, 11) is 0. The normalized spacial score (nSPS) is 23.9. The summed E-state index contributed by atoms with van der Waals surface area (Å²) in [5, 5.41) is 0. The van der Waals surface area contributed by atoms with Crippen LogP contribution in [0.1, 0.15) is 36.7 Å². The lowest BCUT2D eigenvalue weighted by Gasteiger charge is -2.14. The second kappa shape index (κ2) is 4.58. The highest BCUT2D eigenvalue weighted by Gasteiger charge is 2.35. The zero-order valence-corrected chi connectivity index (χ0v) is 10.7. The Bertz CT molecular complexity index is 518. The third kappa shape index (κ3) is 2.18. The summed E-state index contributed by atoms with van der Waals surface area (Å²) in [6.45, 7) is 2.27. The highest BCUT2D eigenvalue weighted by Crippen LogP contribution is 2.43. The summed E-state index contributed by atoms with van der Waals surface area (Å²) in [4.78, 5) is 4.26. The lowest BCUT2D eigenvalue weighted by molar-refractivity contribution is 0.591. The van der Waals surface area contributed by atoms with Crippen LogP contribution in [-0.4, -0.2) is 9.55 Å². The summed E-state index contributed by atoms with van der Waals surface area (Å²) < 4.78 is 2.26. The number of hydrogen-bond acceptors (Lipinski definition) is 2. The summed E-state index contributed by atoms with van der Waals surface area (Å²) in [6.07, 6.45) is 5.96. The van der Waals surface area contributed by atoms with Gasteiger partial charge >= 0.3 is 0 Å². The molecule has 1 aliphatic rings. The number of nitrogens with zero attached hydrogens (tertiary/aromatic N) is 2. The molecule has 1 fully saturated rings. The van der Waals surface area contributed by atoms with E-state index in [4.69, 9.17) is 5.73 Å². The van der Waals surface area contributed by atoms with Crippen LogP contribution in [0.25, 0.3) is 0 Å². The molecule has 0 amide bonds. The quantitative estimate of drug-likeness (QED) is 0.894. The van der Waals surface area contributed by atoms with Gasteiger partial charge in [-0.2, -0.15) is 0 Å². The number of rotatable bonds is 4. The maximum Gasteiger partial charge on any atom is 0.0951 e. The van der Waals surface area contributed by atoms with Crippen LogP contribution in [0, 0.1) is 5.92 Å². The van der Waals surface area contributed by atoms with Gasteiger partial charge < -0.3 is 10.3 Å². The number of hydrogen-bond donors (Lipinski definition) is 1. The molecule has 1 aliphatic carbocycles. The molecule has 1 saturated carbocycles. The summed E-state index contributed by atoms with van der Waals surface area (Å²) in [6, 6.07) is 11.0. The van der Waals surface area contributed by atoms with Crippen molar-refractivity contribution in [3.8, 4) is 0 Å². The van der Waals surface area contributed by atoms with Gasteiger partial charge in [-0.05, 0) is 24.3 Å². The molecule has 0 aliphatic heterocycles. The maximum atomic E-state index is 6.32. The molecule has 0 radical (unpaired) electrons. The van der Waals surface area contributed by atoms with Gasteiger partial charge in [0.25, 0.3) is 0 Å². The van der Waals surface area contributed by atoms with Crippen molar-refractivity contribution < 1.29 is 0 Å². The van der Waals surface area contributed by atoms with Gasteiger partial charge in [0, 0.05) is 12.2 Å². The molecule has 94 valence electrons. The Morgan fingerprint density at radius 1 is 1.39 bits per heavy atom. The molecule has 2 N–H and O–H groups in total. The number of imidazole rings is 1. The average molecular weight is 241 g/mol. The van der Waals surface area contributed by atoms with E-state index in [9.17, 15) is 0 Å². The predicted octanol–water partition coefficient (Wildman–Crippen LogP) is 2.71. The third-order valence-electron chi connectivity index (χ3n) is 3.80. The molecule has 2 aromatic rings. The van der Waals surface area contributed by atoms with Crippen molar-refractivity contribution in [1.82, 2.24) is 9.55 Å². The van der Waals surface area contributed by atoms with Gasteiger partial charge in [0.2, 0.25) is 0 Å². The molecular formula is C15H19N3. The molecule has 1 aromatic heterocycles. The second-order valence-electron chi connectivity index (χ2n) is 5.30. The van der Waals surface area contributed by atoms with E-state index >= 15 is 0 Å². The molecule has 3 rings (SSSR count). The second-order valence-corrected chi connectivity index (χ2v) is 5.30. The van der Waals surface area contributed by atoms with E-state index in [1.54, 1.807) is 0 Å². The van der Waals surface area contributed by atoms with E-state index < -0.39 is 0 Å². The number of aromatic nitrogens is 2.